The number of hydrogen-bond acceptors (Lipinski definition) is 4. The Hall–Kier alpha value is -0.680. The molecule has 5 heteroatoms. The molecule has 0 saturated carbocycles. The van der Waals surface area contributed by atoms with Gasteiger partial charge in [-0.2, -0.15) is 0 Å². The van der Waals surface area contributed by atoms with Gasteiger partial charge in [0.25, 0.3) is 0 Å². The fourth-order valence-electron chi connectivity index (χ4n) is 3.27. The van der Waals surface area contributed by atoms with E-state index in [9.17, 15) is 0 Å². The third-order valence-corrected chi connectivity index (χ3v) is 4.88. The zero-order chi connectivity index (χ0) is 13.1. The topological polar surface area (TPSA) is 32.3 Å². The normalized spacial score (nSPS) is 22.7. The van der Waals surface area contributed by atoms with Gasteiger partial charge in [0.05, 0.1) is 4.47 Å². The number of nitrogens with zero attached hydrogens (tertiary/aromatic N) is 4. The lowest BCUT2D eigenvalue weighted by molar-refractivity contribution is 0.141. The zero-order valence-corrected chi connectivity index (χ0v) is 12.8. The first-order valence-corrected chi connectivity index (χ1v) is 8.08. The van der Waals surface area contributed by atoms with Gasteiger partial charge in [-0.25, -0.2) is 9.97 Å². The van der Waals surface area contributed by atoms with Crippen LogP contribution in [-0.2, 0) is 0 Å². The molecule has 2 aliphatic rings. The molecular weight excluding hydrogens is 304 g/mol. The summed E-state index contributed by atoms with van der Waals surface area (Å²) in [5.41, 5.74) is 0. The predicted molar refractivity (Wildman–Crippen MR) is 80.4 cm³/mol. The lowest BCUT2D eigenvalue weighted by Crippen LogP contribution is -2.47. The van der Waals surface area contributed by atoms with Crippen LogP contribution in [0, 0.1) is 0 Å². The molecule has 2 fully saturated rings. The molecule has 0 N–H and O–H groups in total. The van der Waals surface area contributed by atoms with Crippen LogP contribution < -0.4 is 4.90 Å². The van der Waals surface area contributed by atoms with Gasteiger partial charge < -0.3 is 9.80 Å². The Morgan fingerprint density at radius 3 is 2.47 bits per heavy atom. The van der Waals surface area contributed by atoms with Crippen LogP contribution in [0.15, 0.2) is 17.0 Å². The second-order valence-corrected chi connectivity index (χ2v) is 6.36. The molecule has 0 aromatic carbocycles. The largest absolute Gasteiger partial charge is 0.355 e. The Morgan fingerprint density at radius 1 is 1.05 bits per heavy atom. The number of aromatic nitrogens is 2. The minimum Gasteiger partial charge on any atom is -0.355 e. The summed E-state index contributed by atoms with van der Waals surface area (Å²) >= 11 is 3.55. The van der Waals surface area contributed by atoms with Crippen LogP contribution in [0.1, 0.15) is 32.1 Å². The molecule has 0 aliphatic carbocycles. The molecule has 0 radical (unpaired) electrons. The van der Waals surface area contributed by atoms with Gasteiger partial charge in [0.15, 0.2) is 0 Å². The fraction of sp³-hybridized carbons (Fsp3) is 0.714. The molecule has 1 aromatic rings. The van der Waals surface area contributed by atoms with Crippen LogP contribution >= 0.6 is 15.9 Å². The second-order valence-electron chi connectivity index (χ2n) is 5.51. The molecular formula is C14H21BrN4. The quantitative estimate of drug-likeness (QED) is 0.837. The highest BCUT2D eigenvalue weighted by atomic mass is 79.9. The molecule has 3 rings (SSSR count). The first kappa shape index (κ1) is 13.3. The van der Waals surface area contributed by atoms with E-state index in [1.165, 1.54) is 45.2 Å². The highest BCUT2D eigenvalue weighted by molar-refractivity contribution is 9.10. The summed E-state index contributed by atoms with van der Waals surface area (Å²) in [6.07, 6.45) is 10.2. The van der Waals surface area contributed by atoms with E-state index < -0.39 is 0 Å². The lowest BCUT2D eigenvalue weighted by Gasteiger charge is -2.40. The van der Waals surface area contributed by atoms with Crippen molar-refractivity contribution in [2.24, 2.45) is 0 Å². The minimum atomic E-state index is 0.789. The van der Waals surface area contributed by atoms with Gasteiger partial charge in [0.1, 0.15) is 12.1 Å². The maximum absolute atomic E-state index is 4.39. The van der Waals surface area contributed by atoms with Crippen molar-refractivity contribution in [2.45, 2.75) is 38.1 Å². The van der Waals surface area contributed by atoms with E-state index in [2.05, 4.69) is 35.7 Å². The Bertz CT molecular complexity index is 412. The van der Waals surface area contributed by atoms with Crippen LogP contribution in [0.2, 0.25) is 0 Å². The molecule has 0 amide bonds. The molecule has 104 valence electrons. The second kappa shape index (κ2) is 6.18. The maximum atomic E-state index is 4.39. The summed E-state index contributed by atoms with van der Waals surface area (Å²) in [6.45, 7) is 4.83. The monoisotopic (exact) mass is 324 g/mol. The van der Waals surface area contributed by atoms with Crippen molar-refractivity contribution in [3.8, 4) is 0 Å². The average molecular weight is 325 g/mol. The van der Waals surface area contributed by atoms with Crippen molar-refractivity contribution in [1.29, 1.82) is 0 Å². The van der Waals surface area contributed by atoms with Gasteiger partial charge in [-0.05, 0) is 54.7 Å². The standard InChI is InChI=1S/C14H21BrN4/c15-13-10-16-11-17-14(13)19-8-4-12(5-9-19)18-6-2-1-3-7-18/h10-12H,1-9H2. The van der Waals surface area contributed by atoms with E-state index in [1.54, 1.807) is 6.33 Å². The molecule has 0 unspecified atom stereocenters. The predicted octanol–water partition coefficient (Wildman–Crippen LogP) is 2.69. The van der Waals surface area contributed by atoms with E-state index in [1.807, 2.05) is 6.20 Å². The molecule has 2 saturated heterocycles. The van der Waals surface area contributed by atoms with E-state index in [4.69, 9.17) is 0 Å². The van der Waals surface area contributed by atoms with Gasteiger partial charge in [0, 0.05) is 25.3 Å². The molecule has 3 heterocycles. The summed E-state index contributed by atoms with van der Waals surface area (Å²) in [5.74, 6) is 1.05. The molecule has 2 aliphatic heterocycles. The Morgan fingerprint density at radius 2 is 1.79 bits per heavy atom. The van der Waals surface area contributed by atoms with Crippen LogP contribution in [0.5, 0.6) is 0 Å². The summed E-state index contributed by atoms with van der Waals surface area (Å²) in [4.78, 5) is 13.5. The fourth-order valence-corrected chi connectivity index (χ4v) is 3.74. The number of likely N-dealkylation sites (tertiary alicyclic amines) is 1. The third kappa shape index (κ3) is 3.08. The van der Waals surface area contributed by atoms with Crippen molar-refractivity contribution in [1.82, 2.24) is 14.9 Å². The molecule has 0 spiro atoms. The van der Waals surface area contributed by atoms with Crippen molar-refractivity contribution in [3.05, 3.63) is 17.0 Å². The van der Waals surface area contributed by atoms with Crippen molar-refractivity contribution < 1.29 is 0 Å². The average Bonchev–Trinajstić information content (AvgIpc) is 2.49. The van der Waals surface area contributed by atoms with Crippen LogP contribution in [0.4, 0.5) is 5.82 Å². The van der Waals surface area contributed by atoms with E-state index >= 15 is 0 Å². The molecule has 19 heavy (non-hydrogen) atoms. The number of anilines is 1. The molecule has 0 bridgehead atoms. The van der Waals surface area contributed by atoms with E-state index in [0.717, 1.165) is 29.4 Å². The van der Waals surface area contributed by atoms with Crippen LogP contribution in [0.3, 0.4) is 0 Å². The summed E-state index contributed by atoms with van der Waals surface area (Å²) in [6, 6.07) is 0.789. The molecule has 0 atom stereocenters. The van der Waals surface area contributed by atoms with Crippen LogP contribution in [-0.4, -0.2) is 47.1 Å². The SMILES string of the molecule is Brc1cncnc1N1CCC(N2CCCCC2)CC1. The highest BCUT2D eigenvalue weighted by Crippen LogP contribution is 2.27. The number of hydrogen-bond donors (Lipinski definition) is 0. The Kier molecular flexibility index (Phi) is 4.33. The summed E-state index contributed by atoms with van der Waals surface area (Å²) in [7, 11) is 0. The zero-order valence-electron chi connectivity index (χ0n) is 11.3. The van der Waals surface area contributed by atoms with E-state index in [-0.39, 0.29) is 0 Å². The van der Waals surface area contributed by atoms with Crippen molar-refractivity contribution >= 4 is 21.7 Å². The van der Waals surface area contributed by atoms with Gasteiger partial charge in [0.2, 0.25) is 0 Å². The van der Waals surface area contributed by atoms with Gasteiger partial charge >= 0.3 is 0 Å². The Labute approximate surface area is 123 Å². The number of halogens is 1. The maximum Gasteiger partial charge on any atom is 0.146 e. The lowest BCUT2D eigenvalue weighted by atomic mass is 10.00. The molecule has 1 aromatic heterocycles. The smallest absolute Gasteiger partial charge is 0.146 e. The Balaban J connectivity index is 1.58. The first-order valence-electron chi connectivity index (χ1n) is 7.29. The first-order chi connectivity index (χ1) is 9.34. The van der Waals surface area contributed by atoms with Gasteiger partial charge in [-0.1, -0.05) is 6.42 Å². The number of piperidine rings is 2. The van der Waals surface area contributed by atoms with Crippen molar-refractivity contribution in [2.75, 3.05) is 31.1 Å². The van der Waals surface area contributed by atoms with Gasteiger partial charge in [-0.15, -0.1) is 0 Å². The van der Waals surface area contributed by atoms with E-state index in [0.29, 0.717) is 0 Å². The summed E-state index contributed by atoms with van der Waals surface area (Å²) in [5, 5.41) is 0. The molecule has 4 nitrogen and oxygen atoms in total. The third-order valence-electron chi connectivity index (χ3n) is 4.32. The van der Waals surface area contributed by atoms with Gasteiger partial charge in [-0.3, -0.25) is 0 Å². The minimum absolute atomic E-state index is 0.789. The number of rotatable bonds is 2. The summed E-state index contributed by atoms with van der Waals surface area (Å²) < 4.78 is 1.01. The van der Waals surface area contributed by atoms with Crippen LogP contribution in [0.25, 0.3) is 0 Å². The van der Waals surface area contributed by atoms with Crippen molar-refractivity contribution in [3.63, 3.8) is 0 Å². The highest BCUT2D eigenvalue weighted by Gasteiger charge is 2.26.